The largest absolute Gasteiger partial charge is 0.382 e. The number of benzene rings is 2. The summed E-state index contributed by atoms with van der Waals surface area (Å²) < 4.78 is 24.0. The van der Waals surface area contributed by atoms with E-state index in [2.05, 4.69) is 10.3 Å². The van der Waals surface area contributed by atoms with Crippen molar-refractivity contribution in [1.82, 2.24) is 15.0 Å². The Morgan fingerprint density at radius 1 is 1.17 bits per heavy atom. The molecule has 2 aliphatic heterocycles. The number of carbonyl (C=O) groups excluding carboxylic acids is 1. The van der Waals surface area contributed by atoms with Gasteiger partial charge in [0, 0.05) is 30.6 Å². The Bertz CT molecular complexity index is 1230. The van der Waals surface area contributed by atoms with Crippen LogP contribution in [0.15, 0.2) is 60.8 Å². The van der Waals surface area contributed by atoms with Crippen LogP contribution in [0.4, 0.5) is 9.80 Å². The summed E-state index contributed by atoms with van der Waals surface area (Å²) in [6.45, 7) is 5.79. The maximum absolute atomic E-state index is 15.7. The lowest BCUT2D eigenvalue weighted by atomic mass is 9.82. The van der Waals surface area contributed by atoms with E-state index in [4.69, 9.17) is 4.74 Å². The van der Waals surface area contributed by atoms with E-state index in [1.54, 1.807) is 35.9 Å². The van der Waals surface area contributed by atoms with Gasteiger partial charge in [-0.3, -0.25) is 9.48 Å². The first-order valence-electron chi connectivity index (χ1n) is 12.0. The Kier molecular flexibility index (Phi) is 5.89. The Morgan fingerprint density at radius 2 is 1.86 bits per heavy atom. The summed E-state index contributed by atoms with van der Waals surface area (Å²) in [6, 6.07) is 16.9. The van der Waals surface area contributed by atoms with Crippen molar-refractivity contribution in [3.05, 3.63) is 77.6 Å². The van der Waals surface area contributed by atoms with Gasteiger partial charge >= 0.3 is 0 Å². The van der Waals surface area contributed by atoms with Crippen molar-refractivity contribution < 1.29 is 18.7 Å². The summed E-state index contributed by atoms with van der Waals surface area (Å²) in [7, 11) is -1.44. The number of amides is 1. The molecule has 5 rings (SSSR count). The number of ether oxygens (including phenoxy) is 1. The Hall–Kier alpha value is -2.88. The standard InChI is InChI=1S/C26H31FN4O3Si/c1-17-24(35(3,4)27)22(34-26(17)19-12-8-9-13-21(19)30(2)25(26)33)14-15-31-16-20(28-29-31)23(32)18-10-6-5-7-11-18/h5-13,16-17,22-24,32H,14-15H2,1-4H3/t17-,22+,23+,24-,26+/m0/s1. The third-order valence-electron chi connectivity index (χ3n) is 7.59. The maximum Gasteiger partial charge on any atom is 0.264 e. The number of carbonyl (C=O) groups is 1. The first-order valence-corrected chi connectivity index (χ1v) is 15.0. The molecule has 9 heteroatoms. The molecule has 1 N–H and O–H groups in total. The van der Waals surface area contributed by atoms with Gasteiger partial charge in [-0.1, -0.05) is 60.7 Å². The second kappa shape index (κ2) is 8.65. The van der Waals surface area contributed by atoms with Crippen LogP contribution in [0.1, 0.15) is 36.3 Å². The van der Waals surface area contributed by atoms with Crippen molar-refractivity contribution in [2.75, 3.05) is 11.9 Å². The van der Waals surface area contributed by atoms with Crippen molar-refractivity contribution >= 4 is 20.0 Å². The second-order valence-electron chi connectivity index (χ2n) is 10.2. The SMILES string of the molecule is C[C@H]1[C@H]([Si](C)(C)F)[C@@H](CCn2cc([C@H](O)c3ccccc3)nn2)O[C@]12C(=O)N(C)c1ccccc12. The van der Waals surface area contributed by atoms with E-state index in [1.165, 1.54) is 0 Å². The predicted molar refractivity (Wildman–Crippen MR) is 133 cm³/mol. The predicted octanol–water partition coefficient (Wildman–Crippen LogP) is 4.20. The second-order valence-corrected chi connectivity index (χ2v) is 14.0. The van der Waals surface area contributed by atoms with E-state index in [0.29, 0.717) is 18.7 Å². The van der Waals surface area contributed by atoms with Gasteiger partial charge in [-0.25, -0.2) is 0 Å². The molecule has 1 saturated heterocycles. The van der Waals surface area contributed by atoms with Gasteiger partial charge in [-0.05, 0) is 31.1 Å². The molecule has 1 aromatic heterocycles. The number of likely N-dealkylation sites (N-methyl/N-ethyl adjacent to an activating group) is 1. The monoisotopic (exact) mass is 494 g/mol. The van der Waals surface area contributed by atoms with Crippen LogP contribution in [-0.2, 0) is 21.7 Å². The normalized spacial score (nSPS) is 27.0. The minimum Gasteiger partial charge on any atom is -0.382 e. The number of para-hydroxylation sites is 1. The molecule has 1 amide bonds. The van der Waals surface area contributed by atoms with Gasteiger partial charge in [0.25, 0.3) is 5.91 Å². The highest BCUT2D eigenvalue weighted by molar-refractivity contribution is 6.72. The van der Waals surface area contributed by atoms with Gasteiger partial charge in [0.1, 0.15) is 11.8 Å². The molecule has 2 aromatic carbocycles. The number of hydrogen-bond donors (Lipinski definition) is 1. The Morgan fingerprint density at radius 3 is 2.57 bits per heavy atom. The summed E-state index contributed by atoms with van der Waals surface area (Å²) in [5, 5.41) is 18.9. The lowest BCUT2D eigenvalue weighted by molar-refractivity contribution is -0.145. The van der Waals surface area contributed by atoms with E-state index >= 15 is 4.11 Å². The van der Waals surface area contributed by atoms with E-state index in [-0.39, 0.29) is 17.4 Å². The number of nitrogens with zero attached hydrogens (tertiary/aromatic N) is 4. The van der Waals surface area contributed by atoms with Crippen LogP contribution in [-0.4, -0.2) is 47.6 Å². The van der Waals surface area contributed by atoms with Gasteiger partial charge in [-0.2, -0.15) is 0 Å². The zero-order valence-electron chi connectivity index (χ0n) is 20.4. The third-order valence-corrected chi connectivity index (χ3v) is 10.0. The minimum absolute atomic E-state index is 0.133. The number of aliphatic hydroxyl groups is 1. The topological polar surface area (TPSA) is 80.5 Å². The number of aliphatic hydroxyl groups excluding tert-OH is 1. The van der Waals surface area contributed by atoms with Crippen molar-refractivity contribution in [3.8, 4) is 0 Å². The lowest BCUT2D eigenvalue weighted by Crippen LogP contribution is -2.44. The highest BCUT2D eigenvalue weighted by Gasteiger charge is 2.66. The fourth-order valence-electron chi connectivity index (χ4n) is 5.99. The number of hydrogen-bond acceptors (Lipinski definition) is 5. The first kappa shape index (κ1) is 23.8. The number of anilines is 1. The number of fused-ring (bicyclic) bond motifs is 2. The van der Waals surface area contributed by atoms with Crippen LogP contribution in [0.25, 0.3) is 0 Å². The molecule has 184 valence electrons. The minimum atomic E-state index is -3.19. The molecular weight excluding hydrogens is 463 g/mol. The number of rotatable bonds is 6. The quantitative estimate of drug-likeness (QED) is 0.410. The van der Waals surface area contributed by atoms with Crippen molar-refractivity contribution in [2.45, 2.75) is 56.3 Å². The molecule has 0 unspecified atom stereocenters. The fraction of sp³-hybridized carbons (Fsp3) is 0.423. The smallest absolute Gasteiger partial charge is 0.264 e. The molecule has 1 spiro atoms. The van der Waals surface area contributed by atoms with Crippen LogP contribution in [0.5, 0.6) is 0 Å². The molecule has 5 atom stereocenters. The van der Waals surface area contributed by atoms with Gasteiger partial charge in [0.2, 0.25) is 8.41 Å². The average molecular weight is 495 g/mol. The van der Waals surface area contributed by atoms with Gasteiger partial charge in [0.15, 0.2) is 5.60 Å². The fourth-order valence-corrected chi connectivity index (χ4v) is 8.53. The highest BCUT2D eigenvalue weighted by Crippen LogP contribution is 2.59. The Labute approximate surface area is 205 Å². The van der Waals surface area contributed by atoms with Crippen molar-refractivity contribution in [1.29, 1.82) is 0 Å². The van der Waals surface area contributed by atoms with E-state index in [0.717, 1.165) is 16.8 Å². The number of aryl methyl sites for hydroxylation is 1. The maximum atomic E-state index is 15.7. The Balaban J connectivity index is 1.40. The third kappa shape index (κ3) is 3.82. The van der Waals surface area contributed by atoms with Gasteiger partial charge < -0.3 is 18.9 Å². The molecule has 0 aliphatic carbocycles. The van der Waals surface area contributed by atoms with Crippen LogP contribution in [0, 0.1) is 5.92 Å². The van der Waals surface area contributed by atoms with E-state index < -0.39 is 26.2 Å². The molecule has 7 nitrogen and oxygen atoms in total. The summed E-state index contributed by atoms with van der Waals surface area (Å²) >= 11 is 0. The molecule has 2 aliphatic rings. The molecule has 0 saturated carbocycles. The van der Waals surface area contributed by atoms with Crippen LogP contribution in [0.2, 0.25) is 18.6 Å². The zero-order chi connectivity index (χ0) is 25.0. The molecule has 0 bridgehead atoms. The lowest BCUT2D eigenvalue weighted by Gasteiger charge is -2.30. The van der Waals surface area contributed by atoms with Crippen LogP contribution >= 0.6 is 0 Å². The summed E-state index contributed by atoms with van der Waals surface area (Å²) in [5.74, 6) is -0.435. The summed E-state index contributed by atoms with van der Waals surface area (Å²) in [6.07, 6.45) is 0.888. The molecular formula is C26H31FN4O3Si. The van der Waals surface area contributed by atoms with Crippen LogP contribution < -0.4 is 4.90 Å². The summed E-state index contributed by atoms with van der Waals surface area (Å²) in [5.41, 5.74) is 1.30. The highest BCUT2D eigenvalue weighted by atomic mass is 28.4. The van der Waals surface area contributed by atoms with Gasteiger partial charge in [-0.15, -0.1) is 5.10 Å². The van der Waals surface area contributed by atoms with E-state index in [1.807, 2.05) is 61.5 Å². The van der Waals surface area contributed by atoms with Gasteiger partial charge in [0.05, 0.1) is 18.0 Å². The molecule has 35 heavy (non-hydrogen) atoms. The first-order chi connectivity index (χ1) is 16.6. The number of halogens is 1. The average Bonchev–Trinajstić information content (AvgIpc) is 3.49. The summed E-state index contributed by atoms with van der Waals surface area (Å²) in [4.78, 5) is 15.2. The van der Waals surface area contributed by atoms with E-state index in [9.17, 15) is 9.90 Å². The number of aromatic nitrogens is 3. The van der Waals surface area contributed by atoms with Crippen LogP contribution in [0.3, 0.4) is 0 Å². The van der Waals surface area contributed by atoms with Crippen molar-refractivity contribution in [2.24, 2.45) is 5.92 Å². The molecule has 1 fully saturated rings. The molecule has 3 heterocycles. The molecule has 3 aromatic rings. The zero-order valence-corrected chi connectivity index (χ0v) is 21.4. The van der Waals surface area contributed by atoms with Crippen molar-refractivity contribution in [3.63, 3.8) is 0 Å². The molecule has 0 radical (unpaired) electrons.